The molecule has 28 heavy (non-hydrogen) atoms. The van der Waals surface area contributed by atoms with Crippen LogP contribution in [0.25, 0.3) is 0 Å². The van der Waals surface area contributed by atoms with Crippen molar-refractivity contribution < 1.29 is 26.3 Å². The highest BCUT2D eigenvalue weighted by Gasteiger charge is 2.48. The number of hydrogen-bond donors (Lipinski definition) is 0. The molecule has 2 aliphatic heterocycles. The lowest BCUT2D eigenvalue weighted by Crippen LogP contribution is -3.00. The van der Waals surface area contributed by atoms with E-state index < -0.39 is 0 Å². The molecule has 0 aromatic heterocycles. The number of rotatable bonds is 4. The molecule has 4 heteroatoms. The number of hydrogen-bond acceptors (Lipinski definition) is 1. The van der Waals surface area contributed by atoms with Crippen molar-refractivity contribution >= 4 is 11.6 Å². The highest BCUT2D eigenvalue weighted by atomic mass is 79.9. The monoisotopic (exact) mass is 442 g/mol. The number of aryl methyl sites for hydroxylation is 2. The van der Waals surface area contributed by atoms with E-state index >= 15 is 0 Å². The topological polar surface area (TPSA) is 20.3 Å². The van der Waals surface area contributed by atoms with Gasteiger partial charge < -0.3 is 26.4 Å². The van der Waals surface area contributed by atoms with Crippen LogP contribution in [0, 0.1) is 13.8 Å². The lowest BCUT2D eigenvalue weighted by atomic mass is 9.99. The van der Waals surface area contributed by atoms with Crippen LogP contribution in [0.4, 0.5) is 5.69 Å². The van der Waals surface area contributed by atoms with Crippen molar-refractivity contribution in [1.82, 2.24) is 0 Å². The van der Waals surface area contributed by atoms with Crippen molar-refractivity contribution in [2.75, 3.05) is 24.5 Å². The van der Waals surface area contributed by atoms with Crippen LogP contribution in [-0.4, -0.2) is 36.1 Å². The van der Waals surface area contributed by atoms with E-state index in [1.165, 1.54) is 36.0 Å². The molecule has 0 bridgehead atoms. The highest BCUT2D eigenvalue weighted by Crippen LogP contribution is 2.36. The summed E-state index contributed by atoms with van der Waals surface area (Å²) in [4.78, 5) is 15.7. The first kappa shape index (κ1) is 21.1. The van der Waals surface area contributed by atoms with Crippen LogP contribution in [0.1, 0.15) is 42.4 Å². The fourth-order valence-electron chi connectivity index (χ4n) is 5.30. The maximum atomic E-state index is 13.6. The number of para-hydroxylation sites is 1. The van der Waals surface area contributed by atoms with Gasteiger partial charge in [0.15, 0.2) is 6.04 Å². The number of quaternary nitrogens is 1. The summed E-state index contributed by atoms with van der Waals surface area (Å²) in [6.07, 6.45) is 4.75. The zero-order valence-electron chi connectivity index (χ0n) is 17.0. The Morgan fingerprint density at radius 1 is 0.929 bits per heavy atom. The number of nitrogens with zero attached hydrogens (tertiary/aromatic N) is 2. The van der Waals surface area contributed by atoms with E-state index in [0.29, 0.717) is 5.91 Å². The molecule has 150 valence electrons. The Labute approximate surface area is 179 Å². The molecule has 1 amide bonds. The van der Waals surface area contributed by atoms with Gasteiger partial charge >= 0.3 is 0 Å². The van der Waals surface area contributed by atoms with Crippen molar-refractivity contribution in [3.05, 3.63) is 65.2 Å². The van der Waals surface area contributed by atoms with Crippen molar-refractivity contribution in [3.8, 4) is 0 Å². The number of halogens is 1. The van der Waals surface area contributed by atoms with E-state index in [4.69, 9.17) is 0 Å². The van der Waals surface area contributed by atoms with Gasteiger partial charge in [-0.25, -0.2) is 0 Å². The van der Waals surface area contributed by atoms with Crippen molar-refractivity contribution in [3.63, 3.8) is 0 Å². The second kappa shape index (κ2) is 8.79. The number of piperidine rings is 1. The molecule has 4 rings (SSSR count). The van der Waals surface area contributed by atoms with Gasteiger partial charge in [-0.3, -0.25) is 4.79 Å². The summed E-state index contributed by atoms with van der Waals surface area (Å²) in [5.41, 5.74) is 4.91. The van der Waals surface area contributed by atoms with Crippen molar-refractivity contribution in [2.24, 2.45) is 0 Å². The Balaban J connectivity index is 0.00000225. The largest absolute Gasteiger partial charge is 1.00 e. The first-order valence-electron chi connectivity index (χ1n) is 10.4. The van der Waals surface area contributed by atoms with Crippen LogP contribution < -0.4 is 21.9 Å². The summed E-state index contributed by atoms with van der Waals surface area (Å²) >= 11 is 0. The number of likely N-dealkylation sites (tertiary alicyclic amines) is 1. The molecule has 3 nitrogen and oxygen atoms in total. The summed E-state index contributed by atoms with van der Waals surface area (Å²) < 4.78 is 0.949. The van der Waals surface area contributed by atoms with Gasteiger partial charge in [-0.05, 0) is 44.2 Å². The van der Waals surface area contributed by atoms with Crippen LogP contribution in [-0.2, 0) is 11.3 Å². The predicted molar refractivity (Wildman–Crippen MR) is 111 cm³/mol. The Bertz CT molecular complexity index is 794. The Kier molecular flexibility index (Phi) is 6.61. The second-order valence-corrected chi connectivity index (χ2v) is 8.40. The lowest BCUT2D eigenvalue weighted by Gasteiger charge is -2.45. The zero-order chi connectivity index (χ0) is 18.9. The molecule has 1 unspecified atom stereocenters. The molecule has 2 heterocycles. The minimum absolute atomic E-state index is 0. The summed E-state index contributed by atoms with van der Waals surface area (Å²) in [5, 5.41) is 0. The third-order valence-corrected chi connectivity index (χ3v) is 6.59. The SMILES string of the molecule is Cc1cccc(C)c1N1CCC([N+]2(Cc3ccccc3)CCCCC2)C1=O.[Br-]. The molecule has 0 radical (unpaired) electrons. The maximum Gasteiger partial charge on any atom is 0.285 e. The van der Waals surface area contributed by atoms with Gasteiger partial charge in [0.25, 0.3) is 5.91 Å². The van der Waals surface area contributed by atoms with Crippen LogP contribution in [0.15, 0.2) is 48.5 Å². The average molecular weight is 443 g/mol. The van der Waals surface area contributed by atoms with Gasteiger partial charge in [0.2, 0.25) is 0 Å². The molecule has 0 aliphatic carbocycles. The van der Waals surface area contributed by atoms with E-state index in [1.807, 2.05) is 0 Å². The number of anilines is 1. The van der Waals surface area contributed by atoms with E-state index in [9.17, 15) is 4.79 Å². The normalized spacial score (nSPS) is 21.4. The third-order valence-electron chi connectivity index (χ3n) is 6.59. The van der Waals surface area contributed by atoms with Gasteiger partial charge in [-0.2, -0.15) is 0 Å². The van der Waals surface area contributed by atoms with Crippen molar-refractivity contribution in [2.45, 2.75) is 52.1 Å². The molecule has 2 fully saturated rings. The van der Waals surface area contributed by atoms with Crippen LogP contribution in [0.3, 0.4) is 0 Å². The maximum absolute atomic E-state index is 13.6. The van der Waals surface area contributed by atoms with Gasteiger partial charge in [0.05, 0.1) is 13.1 Å². The Morgan fingerprint density at radius 2 is 1.57 bits per heavy atom. The molecule has 1 atom stereocenters. The molecule has 2 aliphatic rings. The molecule has 2 aromatic carbocycles. The molecular formula is C24H31BrN2O. The van der Waals surface area contributed by atoms with Crippen LogP contribution in [0.5, 0.6) is 0 Å². The minimum Gasteiger partial charge on any atom is -1.00 e. The van der Waals surface area contributed by atoms with Gasteiger partial charge in [-0.1, -0.05) is 48.5 Å². The number of carbonyl (C=O) groups is 1. The Morgan fingerprint density at radius 3 is 2.21 bits per heavy atom. The number of amides is 1. The van der Waals surface area contributed by atoms with E-state index in [0.717, 1.165) is 42.8 Å². The van der Waals surface area contributed by atoms with Gasteiger partial charge in [0, 0.05) is 24.2 Å². The molecule has 0 N–H and O–H groups in total. The fourth-order valence-corrected chi connectivity index (χ4v) is 5.30. The van der Waals surface area contributed by atoms with E-state index in [2.05, 4.69) is 67.3 Å². The standard InChI is InChI=1S/C24H31N2O.BrH/c1-19-10-9-11-20(2)23(19)25-15-14-22(24(25)27)26(16-7-4-8-17-26)18-21-12-5-3-6-13-21;/h3,5-6,9-13,22H,4,7-8,14-18H2,1-2H3;1H/q+1;/p-1. The molecular weight excluding hydrogens is 412 g/mol. The van der Waals surface area contributed by atoms with Crippen LogP contribution >= 0.6 is 0 Å². The predicted octanol–water partition coefficient (Wildman–Crippen LogP) is 1.61. The van der Waals surface area contributed by atoms with Gasteiger partial charge in [-0.15, -0.1) is 0 Å². The number of carbonyl (C=O) groups excluding carboxylic acids is 1. The highest BCUT2D eigenvalue weighted by molar-refractivity contribution is 6.00. The first-order chi connectivity index (χ1) is 13.1. The number of benzene rings is 2. The molecule has 2 saturated heterocycles. The van der Waals surface area contributed by atoms with E-state index in [1.54, 1.807) is 0 Å². The summed E-state index contributed by atoms with van der Waals surface area (Å²) in [6.45, 7) is 8.34. The molecule has 0 spiro atoms. The second-order valence-electron chi connectivity index (χ2n) is 8.40. The quantitative estimate of drug-likeness (QED) is 0.658. The summed E-state index contributed by atoms with van der Waals surface area (Å²) in [7, 11) is 0. The van der Waals surface area contributed by atoms with Gasteiger partial charge in [0.1, 0.15) is 6.54 Å². The summed E-state index contributed by atoms with van der Waals surface area (Å²) in [6, 6.07) is 17.2. The van der Waals surface area contributed by atoms with E-state index in [-0.39, 0.29) is 23.0 Å². The fraction of sp³-hybridized carbons (Fsp3) is 0.458. The van der Waals surface area contributed by atoms with Crippen LogP contribution in [0.2, 0.25) is 0 Å². The average Bonchev–Trinajstić information content (AvgIpc) is 3.05. The third kappa shape index (κ3) is 3.90. The Hall–Kier alpha value is -1.65. The van der Waals surface area contributed by atoms with Crippen molar-refractivity contribution in [1.29, 1.82) is 0 Å². The first-order valence-corrected chi connectivity index (χ1v) is 10.4. The smallest absolute Gasteiger partial charge is 0.285 e. The minimum atomic E-state index is 0. The summed E-state index contributed by atoms with van der Waals surface area (Å²) in [5.74, 6) is 0.338. The molecule has 0 saturated carbocycles. The zero-order valence-corrected chi connectivity index (χ0v) is 18.6. The lowest BCUT2D eigenvalue weighted by molar-refractivity contribution is -0.958. The molecule has 2 aromatic rings.